The van der Waals surface area contributed by atoms with Crippen molar-refractivity contribution in [2.75, 3.05) is 18.4 Å². The summed E-state index contributed by atoms with van der Waals surface area (Å²) in [6.07, 6.45) is 0.923. The molecule has 132 valence electrons. The van der Waals surface area contributed by atoms with E-state index in [1.54, 1.807) is 6.07 Å². The van der Waals surface area contributed by atoms with Gasteiger partial charge in [-0.05, 0) is 40.0 Å². The Morgan fingerprint density at radius 1 is 1.00 bits per heavy atom. The standard InChI is InChI=1S/C19H22BrN3O2/c1-2-14(15-8-4-3-5-9-15)12-21-19(25)22-13-18(24)23-17-11-7-6-10-16(17)20/h3-11,14H,2,12-13H2,1H3,(H,23,24)(H2,21,22,25). The molecule has 6 heteroatoms. The summed E-state index contributed by atoms with van der Waals surface area (Å²) in [5.41, 5.74) is 1.86. The molecule has 0 saturated carbocycles. The molecule has 0 radical (unpaired) electrons. The van der Waals surface area contributed by atoms with Gasteiger partial charge < -0.3 is 16.0 Å². The predicted molar refractivity (Wildman–Crippen MR) is 104 cm³/mol. The molecule has 0 fully saturated rings. The maximum absolute atomic E-state index is 11.9. The second-order valence-electron chi connectivity index (χ2n) is 5.61. The molecule has 1 atom stereocenters. The van der Waals surface area contributed by atoms with Crippen LogP contribution < -0.4 is 16.0 Å². The molecule has 0 aromatic heterocycles. The number of hydrogen-bond donors (Lipinski definition) is 3. The molecule has 3 amide bonds. The zero-order valence-corrected chi connectivity index (χ0v) is 15.7. The fourth-order valence-electron chi connectivity index (χ4n) is 2.42. The monoisotopic (exact) mass is 403 g/mol. The summed E-state index contributed by atoms with van der Waals surface area (Å²) >= 11 is 3.36. The van der Waals surface area contributed by atoms with Crippen LogP contribution in [0.4, 0.5) is 10.5 Å². The van der Waals surface area contributed by atoms with Gasteiger partial charge in [0.15, 0.2) is 0 Å². The van der Waals surface area contributed by atoms with Crippen LogP contribution in [0.5, 0.6) is 0 Å². The lowest BCUT2D eigenvalue weighted by molar-refractivity contribution is -0.115. The van der Waals surface area contributed by atoms with Crippen LogP contribution in [0.1, 0.15) is 24.8 Å². The van der Waals surface area contributed by atoms with Crippen molar-refractivity contribution in [2.45, 2.75) is 19.3 Å². The van der Waals surface area contributed by atoms with E-state index in [1.807, 2.05) is 36.4 Å². The Kier molecular flexibility index (Phi) is 7.47. The first-order valence-electron chi connectivity index (χ1n) is 8.21. The number of amides is 3. The molecule has 0 heterocycles. The highest BCUT2D eigenvalue weighted by Crippen LogP contribution is 2.21. The number of nitrogens with one attached hydrogen (secondary N) is 3. The first-order valence-corrected chi connectivity index (χ1v) is 9.00. The predicted octanol–water partition coefficient (Wildman–Crippen LogP) is 3.88. The Bertz CT molecular complexity index is 707. The lowest BCUT2D eigenvalue weighted by Crippen LogP contribution is -2.41. The van der Waals surface area contributed by atoms with Crippen molar-refractivity contribution in [1.29, 1.82) is 0 Å². The Morgan fingerprint density at radius 2 is 1.68 bits per heavy atom. The molecular weight excluding hydrogens is 382 g/mol. The number of halogens is 1. The molecule has 25 heavy (non-hydrogen) atoms. The third-order valence-electron chi connectivity index (χ3n) is 3.83. The minimum Gasteiger partial charge on any atom is -0.338 e. The van der Waals surface area contributed by atoms with E-state index in [-0.39, 0.29) is 24.4 Å². The number of urea groups is 1. The third kappa shape index (κ3) is 6.23. The maximum Gasteiger partial charge on any atom is 0.315 e. The average molecular weight is 404 g/mol. The smallest absolute Gasteiger partial charge is 0.315 e. The van der Waals surface area contributed by atoms with E-state index in [2.05, 4.69) is 50.9 Å². The highest BCUT2D eigenvalue weighted by Gasteiger charge is 2.11. The first kappa shape index (κ1) is 19.0. The van der Waals surface area contributed by atoms with Crippen molar-refractivity contribution in [3.63, 3.8) is 0 Å². The van der Waals surface area contributed by atoms with Gasteiger partial charge >= 0.3 is 6.03 Å². The summed E-state index contributed by atoms with van der Waals surface area (Å²) in [6, 6.07) is 17.0. The molecule has 2 aromatic carbocycles. The molecular formula is C19H22BrN3O2. The topological polar surface area (TPSA) is 70.2 Å². The summed E-state index contributed by atoms with van der Waals surface area (Å²) in [5, 5.41) is 8.14. The van der Waals surface area contributed by atoms with Gasteiger partial charge in [-0.25, -0.2) is 4.79 Å². The van der Waals surface area contributed by atoms with Crippen LogP contribution >= 0.6 is 15.9 Å². The molecule has 0 aliphatic rings. The summed E-state index contributed by atoms with van der Waals surface area (Å²) < 4.78 is 0.793. The van der Waals surface area contributed by atoms with Gasteiger partial charge in [0.2, 0.25) is 5.91 Å². The van der Waals surface area contributed by atoms with Crippen LogP contribution in [0.2, 0.25) is 0 Å². The highest BCUT2D eigenvalue weighted by molar-refractivity contribution is 9.10. The van der Waals surface area contributed by atoms with E-state index in [0.29, 0.717) is 12.2 Å². The second kappa shape index (κ2) is 9.84. The molecule has 2 rings (SSSR count). The first-order chi connectivity index (χ1) is 12.1. The van der Waals surface area contributed by atoms with E-state index in [1.165, 1.54) is 5.56 Å². The van der Waals surface area contributed by atoms with Crippen LogP contribution in [0.25, 0.3) is 0 Å². The zero-order valence-electron chi connectivity index (χ0n) is 14.1. The van der Waals surface area contributed by atoms with Crippen molar-refractivity contribution in [1.82, 2.24) is 10.6 Å². The van der Waals surface area contributed by atoms with Crippen molar-refractivity contribution in [3.05, 3.63) is 64.6 Å². The fraction of sp³-hybridized carbons (Fsp3) is 0.263. The Morgan fingerprint density at radius 3 is 2.36 bits per heavy atom. The molecule has 1 unspecified atom stereocenters. The average Bonchev–Trinajstić information content (AvgIpc) is 2.63. The van der Waals surface area contributed by atoms with Crippen LogP contribution in [0, 0.1) is 0 Å². The largest absolute Gasteiger partial charge is 0.338 e. The molecule has 0 aliphatic carbocycles. The van der Waals surface area contributed by atoms with Crippen molar-refractivity contribution in [3.8, 4) is 0 Å². The van der Waals surface area contributed by atoms with Gasteiger partial charge in [0.25, 0.3) is 0 Å². The SMILES string of the molecule is CCC(CNC(=O)NCC(=O)Nc1ccccc1Br)c1ccccc1. The van der Waals surface area contributed by atoms with Gasteiger partial charge in [-0.3, -0.25) is 4.79 Å². The van der Waals surface area contributed by atoms with Crippen LogP contribution in [-0.2, 0) is 4.79 Å². The van der Waals surface area contributed by atoms with Gasteiger partial charge in [0.1, 0.15) is 0 Å². The van der Waals surface area contributed by atoms with Crippen molar-refractivity contribution >= 4 is 33.6 Å². The van der Waals surface area contributed by atoms with Gasteiger partial charge in [0, 0.05) is 16.9 Å². The number of rotatable bonds is 7. The van der Waals surface area contributed by atoms with E-state index < -0.39 is 0 Å². The van der Waals surface area contributed by atoms with Crippen molar-refractivity contribution in [2.24, 2.45) is 0 Å². The summed E-state index contributed by atoms with van der Waals surface area (Å²) in [6.45, 7) is 2.52. The lowest BCUT2D eigenvalue weighted by atomic mass is 9.97. The zero-order chi connectivity index (χ0) is 18.1. The Labute approximate surface area is 156 Å². The van der Waals surface area contributed by atoms with Gasteiger partial charge in [0.05, 0.1) is 12.2 Å². The molecule has 5 nitrogen and oxygen atoms in total. The number of benzene rings is 2. The van der Waals surface area contributed by atoms with Crippen LogP contribution in [-0.4, -0.2) is 25.0 Å². The Hall–Kier alpha value is -2.34. The number of anilines is 1. The van der Waals surface area contributed by atoms with E-state index in [0.717, 1.165) is 10.9 Å². The fourth-order valence-corrected chi connectivity index (χ4v) is 2.80. The van der Waals surface area contributed by atoms with Crippen LogP contribution in [0.3, 0.4) is 0 Å². The maximum atomic E-state index is 11.9. The van der Waals surface area contributed by atoms with E-state index >= 15 is 0 Å². The van der Waals surface area contributed by atoms with Gasteiger partial charge in [-0.15, -0.1) is 0 Å². The van der Waals surface area contributed by atoms with E-state index in [9.17, 15) is 9.59 Å². The number of carbonyl (C=O) groups is 2. The number of para-hydroxylation sites is 1. The molecule has 3 N–H and O–H groups in total. The van der Waals surface area contributed by atoms with Gasteiger partial charge in [-0.1, -0.05) is 49.4 Å². The van der Waals surface area contributed by atoms with Gasteiger partial charge in [-0.2, -0.15) is 0 Å². The van der Waals surface area contributed by atoms with Crippen molar-refractivity contribution < 1.29 is 9.59 Å². The quantitative estimate of drug-likeness (QED) is 0.656. The summed E-state index contributed by atoms with van der Waals surface area (Å²) in [4.78, 5) is 23.8. The number of carbonyl (C=O) groups excluding carboxylic acids is 2. The normalized spacial score (nSPS) is 11.4. The van der Waals surface area contributed by atoms with Crippen LogP contribution in [0.15, 0.2) is 59.1 Å². The molecule has 2 aromatic rings. The summed E-state index contributed by atoms with van der Waals surface area (Å²) in [5.74, 6) is -0.0294. The molecule has 0 saturated heterocycles. The molecule has 0 aliphatic heterocycles. The number of hydrogen-bond acceptors (Lipinski definition) is 2. The van der Waals surface area contributed by atoms with E-state index in [4.69, 9.17) is 0 Å². The third-order valence-corrected chi connectivity index (χ3v) is 4.52. The molecule has 0 spiro atoms. The molecule has 0 bridgehead atoms. The highest BCUT2D eigenvalue weighted by atomic mass is 79.9. The Balaban J connectivity index is 1.75. The minimum atomic E-state index is -0.350. The second-order valence-corrected chi connectivity index (χ2v) is 6.46. The minimum absolute atomic E-state index is 0.0880. The lowest BCUT2D eigenvalue weighted by Gasteiger charge is -2.16. The summed E-state index contributed by atoms with van der Waals surface area (Å²) in [7, 11) is 0.